The van der Waals surface area contributed by atoms with Crippen LogP contribution in [0.25, 0.3) is 0 Å². The van der Waals surface area contributed by atoms with Crippen LogP contribution in [0.15, 0.2) is 36.4 Å². The zero-order valence-corrected chi connectivity index (χ0v) is 11.8. The number of hydrogen-bond acceptors (Lipinski definition) is 3. The van der Waals surface area contributed by atoms with Gasteiger partial charge in [-0.05, 0) is 30.3 Å². The lowest BCUT2D eigenvalue weighted by Crippen LogP contribution is -2.02. The number of ether oxygens (including phenoxy) is 1. The monoisotopic (exact) mass is 315 g/mol. The molecule has 0 aliphatic carbocycles. The first-order valence-corrected chi connectivity index (χ1v) is 6.58. The van der Waals surface area contributed by atoms with Crippen LogP contribution in [0.5, 0.6) is 11.6 Å². The van der Waals surface area contributed by atoms with Gasteiger partial charge in [-0.1, -0.05) is 23.2 Å². The van der Waals surface area contributed by atoms with Gasteiger partial charge < -0.3 is 4.74 Å². The first-order valence-electron chi connectivity index (χ1n) is 5.29. The highest BCUT2D eigenvalue weighted by molar-refractivity contribution is 6.36. The number of benzene rings is 1. The second-order valence-electron chi connectivity index (χ2n) is 3.60. The van der Waals surface area contributed by atoms with E-state index in [1.54, 1.807) is 30.3 Å². The number of halogens is 3. The predicted molar refractivity (Wildman–Crippen MR) is 75.8 cm³/mol. The molecule has 0 amide bonds. The van der Waals surface area contributed by atoms with Crippen LogP contribution >= 0.6 is 34.8 Å². The number of aromatic nitrogens is 1. The predicted octanol–water partition coefficient (Wildman–Crippen LogP) is 4.60. The molecular formula is C13H8Cl3NO2. The average molecular weight is 317 g/mol. The van der Waals surface area contributed by atoms with Crippen LogP contribution in [0.2, 0.25) is 10.2 Å². The van der Waals surface area contributed by atoms with Gasteiger partial charge in [-0.15, -0.1) is 11.6 Å². The van der Waals surface area contributed by atoms with Gasteiger partial charge in [0.1, 0.15) is 10.9 Å². The maximum Gasteiger partial charge on any atom is 0.220 e. The van der Waals surface area contributed by atoms with Gasteiger partial charge in [0.15, 0.2) is 5.78 Å². The Morgan fingerprint density at radius 3 is 2.37 bits per heavy atom. The second kappa shape index (κ2) is 6.24. The van der Waals surface area contributed by atoms with Gasteiger partial charge in [-0.25, -0.2) is 4.98 Å². The van der Waals surface area contributed by atoms with Crippen molar-refractivity contribution >= 4 is 40.6 Å². The van der Waals surface area contributed by atoms with E-state index in [0.717, 1.165) is 0 Å². The largest absolute Gasteiger partial charge is 0.439 e. The molecule has 3 nitrogen and oxygen atoms in total. The van der Waals surface area contributed by atoms with E-state index in [0.29, 0.717) is 16.7 Å². The number of hydrogen-bond donors (Lipinski definition) is 0. The highest BCUT2D eigenvalue weighted by Gasteiger charge is 2.11. The Hall–Kier alpha value is -1.29. The number of ketones is 1. The molecule has 0 unspecified atom stereocenters. The minimum atomic E-state index is -0.280. The van der Waals surface area contributed by atoms with E-state index in [1.165, 1.54) is 6.07 Å². The molecule has 0 aliphatic rings. The van der Waals surface area contributed by atoms with Crippen molar-refractivity contribution in [3.8, 4) is 11.6 Å². The van der Waals surface area contributed by atoms with Gasteiger partial charge in [0.05, 0.1) is 11.4 Å². The van der Waals surface area contributed by atoms with Gasteiger partial charge in [0, 0.05) is 11.1 Å². The molecule has 0 saturated carbocycles. The van der Waals surface area contributed by atoms with Crippen LogP contribution in [0.1, 0.15) is 10.4 Å². The van der Waals surface area contributed by atoms with Crippen LogP contribution in [0.3, 0.4) is 0 Å². The van der Waals surface area contributed by atoms with Crippen molar-refractivity contribution in [2.45, 2.75) is 0 Å². The summed E-state index contributed by atoms with van der Waals surface area (Å²) in [6, 6.07) is 9.89. The molecule has 0 saturated heterocycles. The van der Waals surface area contributed by atoms with Crippen LogP contribution in [-0.4, -0.2) is 16.6 Å². The van der Waals surface area contributed by atoms with Gasteiger partial charge in [-0.3, -0.25) is 4.79 Å². The number of nitrogens with zero attached hydrogens (tertiary/aromatic N) is 1. The number of pyridine rings is 1. The normalized spacial score (nSPS) is 10.3. The molecular weight excluding hydrogens is 309 g/mol. The van der Waals surface area contributed by atoms with E-state index in [9.17, 15) is 4.79 Å². The maximum atomic E-state index is 11.4. The van der Waals surface area contributed by atoms with E-state index in [-0.39, 0.29) is 22.4 Å². The van der Waals surface area contributed by atoms with Crippen LogP contribution < -0.4 is 4.74 Å². The van der Waals surface area contributed by atoms with E-state index in [1.807, 2.05) is 0 Å². The Morgan fingerprint density at radius 2 is 1.79 bits per heavy atom. The van der Waals surface area contributed by atoms with E-state index in [4.69, 9.17) is 39.5 Å². The summed E-state index contributed by atoms with van der Waals surface area (Å²) in [7, 11) is 0. The van der Waals surface area contributed by atoms with Crippen LogP contribution in [0.4, 0.5) is 0 Å². The average Bonchev–Trinajstić information content (AvgIpc) is 2.41. The number of rotatable bonds is 4. The number of alkyl halides is 1. The van der Waals surface area contributed by atoms with Crippen LogP contribution in [-0.2, 0) is 0 Å². The lowest BCUT2D eigenvalue weighted by Gasteiger charge is -2.06. The van der Waals surface area contributed by atoms with E-state index in [2.05, 4.69) is 4.98 Å². The Bertz CT molecular complexity index is 599. The third kappa shape index (κ3) is 3.60. The van der Waals surface area contributed by atoms with Gasteiger partial charge >= 0.3 is 0 Å². The van der Waals surface area contributed by atoms with Gasteiger partial charge in [0.25, 0.3) is 0 Å². The highest BCUT2D eigenvalue weighted by atomic mass is 35.5. The summed E-state index contributed by atoms with van der Waals surface area (Å²) in [5.41, 5.74) is 0.278. The first-order chi connectivity index (χ1) is 9.10. The van der Waals surface area contributed by atoms with E-state index < -0.39 is 0 Å². The molecule has 2 rings (SSSR count). The van der Waals surface area contributed by atoms with Crippen molar-refractivity contribution in [1.82, 2.24) is 4.98 Å². The zero-order chi connectivity index (χ0) is 13.8. The molecule has 1 aromatic carbocycles. The summed E-state index contributed by atoms with van der Waals surface area (Å²) in [6.45, 7) is 0. The molecule has 0 fully saturated rings. The van der Waals surface area contributed by atoms with Gasteiger partial charge in [0.2, 0.25) is 5.88 Å². The molecule has 0 atom stereocenters. The number of carbonyl (C=O) groups is 1. The topological polar surface area (TPSA) is 39.2 Å². The van der Waals surface area contributed by atoms with Crippen molar-refractivity contribution in [3.05, 3.63) is 52.1 Å². The van der Waals surface area contributed by atoms with Gasteiger partial charge in [-0.2, -0.15) is 0 Å². The van der Waals surface area contributed by atoms with Crippen molar-refractivity contribution < 1.29 is 9.53 Å². The summed E-state index contributed by atoms with van der Waals surface area (Å²) in [5, 5.41) is 0.679. The molecule has 2 aromatic rings. The molecule has 0 radical (unpaired) electrons. The molecule has 6 heteroatoms. The lowest BCUT2D eigenvalue weighted by atomic mass is 10.2. The molecule has 1 heterocycles. The van der Waals surface area contributed by atoms with Crippen molar-refractivity contribution in [3.63, 3.8) is 0 Å². The minimum Gasteiger partial charge on any atom is -0.439 e. The van der Waals surface area contributed by atoms with Crippen molar-refractivity contribution in [1.29, 1.82) is 0 Å². The molecule has 0 aliphatic heterocycles. The minimum absolute atomic E-state index is 0.0668. The van der Waals surface area contributed by atoms with Crippen LogP contribution in [0, 0.1) is 0 Å². The highest BCUT2D eigenvalue weighted by Crippen LogP contribution is 2.24. The zero-order valence-electron chi connectivity index (χ0n) is 9.57. The first kappa shape index (κ1) is 14.1. The molecule has 98 valence electrons. The molecule has 0 N–H and O–H groups in total. The summed E-state index contributed by atoms with van der Waals surface area (Å²) in [5.74, 6) is 0.443. The van der Waals surface area contributed by atoms with E-state index >= 15 is 0 Å². The smallest absolute Gasteiger partial charge is 0.220 e. The van der Waals surface area contributed by atoms with Crippen molar-refractivity contribution in [2.24, 2.45) is 0 Å². The summed E-state index contributed by atoms with van der Waals surface area (Å²) < 4.78 is 5.48. The summed E-state index contributed by atoms with van der Waals surface area (Å²) in [6.07, 6.45) is 0. The molecule has 0 spiro atoms. The third-order valence-electron chi connectivity index (χ3n) is 2.28. The number of carbonyl (C=O) groups excluding carboxylic acids is 1. The fraction of sp³-hybridized carbons (Fsp3) is 0.0769. The maximum absolute atomic E-state index is 11.4. The molecule has 0 bridgehead atoms. The lowest BCUT2D eigenvalue weighted by molar-refractivity contribution is 0.102. The fourth-order valence-corrected chi connectivity index (χ4v) is 1.90. The van der Waals surface area contributed by atoms with Crippen molar-refractivity contribution in [2.75, 3.05) is 5.88 Å². The Kier molecular flexibility index (Phi) is 4.64. The Balaban J connectivity index is 2.20. The standard InChI is InChI=1S/C13H8Cl3NO2/c14-7-11(18)10-5-6-12(17-13(10)16)19-9-3-1-8(15)2-4-9/h1-6H,7H2. The second-order valence-corrected chi connectivity index (χ2v) is 4.66. The summed E-state index contributed by atoms with van der Waals surface area (Å²) in [4.78, 5) is 15.4. The number of Topliss-reactive ketones (excluding diaryl/α,β-unsaturated/α-hetero) is 1. The molecule has 19 heavy (non-hydrogen) atoms. The quantitative estimate of drug-likeness (QED) is 0.470. The fourth-order valence-electron chi connectivity index (χ4n) is 1.38. The SMILES string of the molecule is O=C(CCl)c1ccc(Oc2ccc(Cl)cc2)nc1Cl. The summed E-state index contributed by atoms with van der Waals surface area (Å²) >= 11 is 17.1. The Labute approximate surface area is 125 Å². The third-order valence-corrected chi connectivity index (χ3v) is 3.06. The Morgan fingerprint density at radius 1 is 1.11 bits per heavy atom. The molecule has 1 aromatic heterocycles.